The molecule has 0 bridgehead atoms. The van der Waals surface area contributed by atoms with Crippen molar-refractivity contribution < 1.29 is 18.0 Å². The molecule has 3 aromatic rings. The van der Waals surface area contributed by atoms with Crippen LogP contribution in [0.15, 0.2) is 83.8 Å². The Morgan fingerprint density at radius 3 is 2.14 bits per heavy atom. The monoisotopic (exact) mass is 561 g/mol. The topological polar surface area (TPSA) is 86.8 Å². The molecule has 3 aromatic carbocycles. The van der Waals surface area contributed by atoms with E-state index in [9.17, 15) is 18.0 Å². The molecule has 196 valence electrons. The van der Waals surface area contributed by atoms with Gasteiger partial charge in [-0.2, -0.15) is 0 Å². The van der Waals surface area contributed by atoms with Crippen molar-refractivity contribution in [3.05, 3.63) is 94.5 Å². The Morgan fingerprint density at radius 2 is 1.54 bits per heavy atom. The minimum atomic E-state index is -4.21. The van der Waals surface area contributed by atoms with Gasteiger partial charge in [0.15, 0.2) is 0 Å². The standard InChI is InChI=1S/C27H29Cl2N3O4S/c1-3-23(27(34)30-2)31(18-17-20-11-6-4-7-12-20)25(33)19-32(24-16-10-15-22(28)26(24)29)37(35,36)21-13-8-5-9-14-21/h4-16,23H,3,17-19H2,1-2H3,(H,30,34)/t23-/m1/s1. The second-order valence-electron chi connectivity index (χ2n) is 8.26. The van der Waals surface area contributed by atoms with E-state index >= 15 is 0 Å². The zero-order chi connectivity index (χ0) is 27.0. The minimum Gasteiger partial charge on any atom is -0.357 e. The van der Waals surface area contributed by atoms with Gasteiger partial charge in [-0.15, -0.1) is 0 Å². The van der Waals surface area contributed by atoms with Crippen LogP contribution >= 0.6 is 23.2 Å². The average molecular weight is 563 g/mol. The van der Waals surface area contributed by atoms with Crippen molar-refractivity contribution in [3.8, 4) is 0 Å². The molecule has 1 atom stereocenters. The maximum Gasteiger partial charge on any atom is 0.264 e. The molecular weight excluding hydrogens is 533 g/mol. The number of carbonyl (C=O) groups is 2. The molecule has 0 fully saturated rings. The molecule has 0 unspecified atom stereocenters. The van der Waals surface area contributed by atoms with Gasteiger partial charge >= 0.3 is 0 Å². The third-order valence-corrected chi connectivity index (χ3v) is 8.51. The number of carbonyl (C=O) groups excluding carboxylic acids is 2. The van der Waals surface area contributed by atoms with Crippen molar-refractivity contribution in [2.24, 2.45) is 0 Å². The Hall–Kier alpha value is -3.07. The number of likely N-dealkylation sites (N-methyl/N-ethyl adjacent to an activating group) is 1. The van der Waals surface area contributed by atoms with Gasteiger partial charge in [-0.3, -0.25) is 13.9 Å². The molecule has 37 heavy (non-hydrogen) atoms. The third kappa shape index (κ3) is 6.83. The Bertz CT molecular complexity index is 1320. The molecule has 0 spiro atoms. The lowest BCUT2D eigenvalue weighted by atomic mass is 10.1. The van der Waals surface area contributed by atoms with Gasteiger partial charge in [0.2, 0.25) is 11.8 Å². The van der Waals surface area contributed by atoms with Crippen LogP contribution in [0.2, 0.25) is 10.0 Å². The summed E-state index contributed by atoms with van der Waals surface area (Å²) in [5.74, 6) is -0.871. The molecule has 7 nitrogen and oxygen atoms in total. The predicted molar refractivity (Wildman–Crippen MR) is 147 cm³/mol. The molecule has 0 radical (unpaired) electrons. The van der Waals surface area contributed by atoms with Gasteiger partial charge in [-0.05, 0) is 42.7 Å². The van der Waals surface area contributed by atoms with Crippen LogP contribution in [0.5, 0.6) is 0 Å². The van der Waals surface area contributed by atoms with Gasteiger partial charge in [-0.25, -0.2) is 8.42 Å². The van der Waals surface area contributed by atoms with Gasteiger partial charge in [0.25, 0.3) is 10.0 Å². The fourth-order valence-electron chi connectivity index (χ4n) is 3.98. The first kappa shape index (κ1) is 28.5. The Morgan fingerprint density at radius 1 is 0.919 bits per heavy atom. The summed E-state index contributed by atoms with van der Waals surface area (Å²) >= 11 is 12.6. The summed E-state index contributed by atoms with van der Waals surface area (Å²) in [7, 11) is -2.70. The molecule has 0 aliphatic rings. The minimum absolute atomic E-state index is 0.00523. The van der Waals surface area contributed by atoms with E-state index in [1.54, 1.807) is 31.2 Å². The fourth-order valence-corrected chi connectivity index (χ4v) is 5.88. The molecular formula is C27H29Cl2N3O4S. The lowest BCUT2D eigenvalue weighted by molar-refractivity contribution is -0.139. The molecule has 1 N–H and O–H groups in total. The van der Waals surface area contributed by atoms with E-state index in [-0.39, 0.29) is 33.1 Å². The highest BCUT2D eigenvalue weighted by molar-refractivity contribution is 7.92. The van der Waals surface area contributed by atoms with E-state index in [2.05, 4.69) is 5.32 Å². The molecule has 10 heteroatoms. The molecule has 0 aromatic heterocycles. The summed E-state index contributed by atoms with van der Waals surface area (Å²) in [6.07, 6.45) is 0.840. The average Bonchev–Trinajstić information content (AvgIpc) is 2.92. The van der Waals surface area contributed by atoms with Gasteiger partial charge in [0.1, 0.15) is 12.6 Å². The van der Waals surface area contributed by atoms with Crippen LogP contribution < -0.4 is 9.62 Å². The van der Waals surface area contributed by atoms with E-state index in [1.807, 2.05) is 30.3 Å². The Labute approximate surface area is 228 Å². The molecule has 2 amide bonds. The maximum atomic E-state index is 13.8. The van der Waals surface area contributed by atoms with Gasteiger partial charge < -0.3 is 10.2 Å². The van der Waals surface area contributed by atoms with Crippen molar-refractivity contribution in [2.45, 2.75) is 30.7 Å². The maximum absolute atomic E-state index is 13.8. The van der Waals surface area contributed by atoms with Crippen LogP contribution in [-0.2, 0) is 26.0 Å². The number of hydrogen-bond donors (Lipinski definition) is 1. The highest BCUT2D eigenvalue weighted by Crippen LogP contribution is 2.35. The summed E-state index contributed by atoms with van der Waals surface area (Å²) in [5.41, 5.74) is 1.06. The Kier molecular flexibility index (Phi) is 9.97. The zero-order valence-corrected chi connectivity index (χ0v) is 22.9. The van der Waals surface area contributed by atoms with Crippen LogP contribution in [0.1, 0.15) is 18.9 Å². The number of nitrogens with one attached hydrogen (secondary N) is 1. The van der Waals surface area contributed by atoms with Crippen LogP contribution in [0.4, 0.5) is 5.69 Å². The van der Waals surface area contributed by atoms with Gasteiger partial charge in [0, 0.05) is 13.6 Å². The molecule has 0 saturated heterocycles. The quantitative estimate of drug-likeness (QED) is 0.364. The molecule has 0 aliphatic heterocycles. The van der Waals surface area contributed by atoms with Crippen molar-refractivity contribution in [1.82, 2.24) is 10.2 Å². The number of nitrogens with zero attached hydrogens (tertiary/aromatic N) is 2. The number of rotatable bonds is 11. The lowest BCUT2D eigenvalue weighted by Gasteiger charge is -2.33. The second-order valence-corrected chi connectivity index (χ2v) is 10.9. The van der Waals surface area contributed by atoms with E-state index in [1.165, 1.54) is 36.2 Å². The fraction of sp³-hybridized carbons (Fsp3) is 0.259. The lowest BCUT2D eigenvalue weighted by Crippen LogP contribution is -2.52. The molecule has 0 aliphatic carbocycles. The first-order valence-electron chi connectivity index (χ1n) is 11.8. The predicted octanol–water partition coefficient (Wildman–Crippen LogP) is 4.78. The van der Waals surface area contributed by atoms with Crippen molar-refractivity contribution >= 4 is 50.7 Å². The summed E-state index contributed by atoms with van der Waals surface area (Å²) in [5, 5.41) is 2.76. The number of halogens is 2. The van der Waals surface area contributed by atoms with Crippen LogP contribution in [0.3, 0.4) is 0 Å². The van der Waals surface area contributed by atoms with Crippen molar-refractivity contribution in [2.75, 3.05) is 24.4 Å². The molecule has 0 saturated carbocycles. The summed E-state index contributed by atoms with van der Waals surface area (Å²) in [6, 6.07) is 21.1. The largest absolute Gasteiger partial charge is 0.357 e. The van der Waals surface area contributed by atoms with Crippen LogP contribution in [-0.4, -0.2) is 51.3 Å². The smallest absolute Gasteiger partial charge is 0.264 e. The highest BCUT2D eigenvalue weighted by atomic mass is 35.5. The van der Waals surface area contributed by atoms with Gasteiger partial charge in [-0.1, -0.05) is 84.7 Å². The number of amides is 2. The van der Waals surface area contributed by atoms with Crippen molar-refractivity contribution in [1.29, 1.82) is 0 Å². The summed E-state index contributed by atoms with van der Waals surface area (Å²) in [6.45, 7) is 1.45. The van der Waals surface area contributed by atoms with Gasteiger partial charge in [0.05, 0.1) is 20.6 Å². The van der Waals surface area contributed by atoms with Crippen LogP contribution in [0.25, 0.3) is 0 Å². The highest BCUT2D eigenvalue weighted by Gasteiger charge is 2.34. The van der Waals surface area contributed by atoms with Crippen LogP contribution in [0, 0.1) is 0 Å². The first-order valence-corrected chi connectivity index (χ1v) is 14.0. The Balaban J connectivity index is 2.03. The molecule has 3 rings (SSSR count). The SMILES string of the molecule is CC[C@H](C(=O)NC)N(CCc1ccccc1)C(=O)CN(c1cccc(Cl)c1Cl)S(=O)(=O)c1ccccc1. The summed E-state index contributed by atoms with van der Waals surface area (Å²) in [4.78, 5) is 27.9. The molecule has 0 heterocycles. The third-order valence-electron chi connectivity index (χ3n) is 5.93. The normalized spacial score (nSPS) is 12.0. The number of anilines is 1. The first-order chi connectivity index (χ1) is 17.7. The van der Waals surface area contributed by atoms with E-state index in [0.29, 0.717) is 12.8 Å². The van der Waals surface area contributed by atoms with E-state index < -0.39 is 28.5 Å². The van der Waals surface area contributed by atoms with Crippen molar-refractivity contribution in [3.63, 3.8) is 0 Å². The summed E-state index contributed by atoms with van der Waals surface area (Å²) < 4.78 is 28.4. The number of sulfonamides is 1. The van der Waals surface area contributed by atoms with E-state index in [0.717, 1.165) is 9.87 Å². The zero-order valence-electron chi connectivity index (χ0n) is 20.6. The number of hydrogen-bond acceptors (Lipinski definition) is 4. The number of benzene rings is 3. The van der Waals surface area contributed by atoms with E-state index in [4.69, 9.17) is 23.2 Å². The second kappa shape index (κ2) is 12.9.